The van der Waals surface area contributed by atoms with Crippen LogP contribution in [0.1, 0.15) is 34.1 Å². The molecule has 0 aromatic rings. The monoisotopic (exact) mass is 270 g/mol. The Labute approximate surface area is 112 Å². The Kier molecular flexibility index (Phi) is 4.78. The largest absolute Gasteiger partial charge is 0.458 e. The van der Waals surface area contributed by atoms with Crippen LogP contribution in [0.4, 0.5) is 0 Å². The number of esters is 1. The van der Waals surface area contributed by atoms with E-state index < -0.39 is 8.32 Å². The van der Waals surface area contributed by atoms with Crippen LogP contribution in [0.2, 0.25) is 18.1 Å². The van der Waals surface area contributed by atoms with Crippen LogP contribution in [0, 0.1) is 5.92 Å². The molecule has 0 N–H and O–H groups in total. The van der Waals surface area contributed by atoms with Crippen LogP contribution in [0.25, 0.3) is 0 Å². The van der Waals surface area contributed by atoms with Crippen molar-refractivity contribution in [2.75, 3.05) is 6.61 Å². The summed E-state index contributed by atoms with van der Waals surface area (Å²) in [6.07, 6.45) is 4.88. The Morgan fingerprint density at radius 2 is 1.94 bits per heavy atom. The topological polar surface area (TPSA) is 35.5 Å². The van der Waals surface area contributed by atoms with Crippen LogP contribution in [-0.2, 0) is 14.0 Å². The van der Waals surface area contributed by atoms with Crippen molar-refractivity contribution in [3.8, 4) is 0 Å². The third-order valence-corrected chi connectivity index (χ3v) is 8.42. The smallest absolute Gasteiger partial charge is 0.303 e. The van der Waals surface area contributed by atoms with E-state index in [0.717, 1.165) is 13.0 Å². The minimum atomic E-state index is -1.67. The van der Waals surface area contributed by atoms with Gasteiger partial charge in [-0.2, -0.15) is 0 Å². The highest BCUT2D eigenvalue weighted by Crippen LogP contribution is 2.37. The van der Waals surface area contributed by atoms with Crippen molar-refractivity contribution in [2.45, 2.75) is 58.4 Å². The van der Waals surface area contributed by atoms with Gasteiger partial charge in [0.15, 0.2) is 8.32 Å². The Bertz CT molecular complexity index is 328. The second kappa shape index (κ2) is 5.57. The average molecular weight is 270 g/mol. The molecule has 0 aromatic carbocycles. The highest BCUT2D eigenvalue weighted by Gasteiger charge is 2.37. The first-order valence-corrected chi connectivity index (χ1v) is 9.52. The van der Waals surface area contributed by atoms with Crippen LogP contribution in [-0.4, -0.2) is 27.0 Å². The molecule has 1 rings (SSSR count). The lowest BCUT2D eigenvalue weighted by Crippen LogP contribution is -2.41. The highest BCUT2D eigenvalue weighted by molar-refractivity contribution is 6.74. The molecule has 0 aromatic heterocycles. The molecule has 104 valence electrons. The zero-order valence-corrected chi connectivity index (χ0v) is 13.4. The van der Waals surface area contributed by atoms with Crippen LogP contribution in [0.5, 0.6) is 0 Å². The van der Waals surface area contributed by atoms with Crippen molar-refractivity contribution in [1.82, 2.24) is 0 Å². The zero-order valence-electron chi connectivity index (χ0n) is 12.4. The van der Waals surface area contributed by atoms with Gasteiger partial charge in [-0.25, -0.2) is 0 Å². The van der Waals surface area contributed by atoms with Gasteiger partial charge in [0.1, 0.15) is 6.10 Å². The van der Waals surface area contributed by atoms with Crippen LogP contribution in [0.3, 0.4) is 0 Å². The van der Waals surface area contributed by atoms with Gasteiger partial charge in [0.2, 0.25) is 0 Å². The van der Waals surface area contributed by atoms with Gasteiger partial charge in [0, 0.05) is 19.4 Å². The number of ether oxygens (including phenoxy) is 1. The summed E-state index contributed by atoms with van der Waals surface area (Å²) in [6.45, 7) is 13.4. The fourth-order valence-corrected chi connectivity index (χ4v) is 2.76. The van der Waals surface area contributed by atoms with E-state index in [1.54, 1.807) is 0 Å². The number of hydrogen-bond acceptors (Lipinski definition) is 3. The maximum atomic E-state index is 10.9. The molecule has 0 amide bonds. The molecule has 1 aliphatic carbocycles. The maximum absolute atomic E-state index is 10.9. The van der Waals surface area contributed by atoms with Gasteiger partial charge < -0.3 is 9.16 Å². The van der Waals surface area contributed by atoms with Crippen LogP contribution < -0.4 is 0 Å². The molecule has 0 heterocycles. The van der Waals surface area contributed by atoms with Crippen LogP contribution in [0.15, 0.2) is 12.2 Å². The minimum Gasteiger partial charge on any atom is -0.458 e. The summed E-state index contributed by atoms with van der Waals surface area (Å²) >= 11 is 0. The molecule has 0 aliphatic heterocycles. The predicted molar refractivity (Wildman–Crippen MR) is 76.0 cm³/mol. The van der Waals surface area contributed by atoms with E-state index in [1.807, 2.05) is 6.08 Å². The SMILES string of the molecule is CC(=O)O[C@@H]1C=C[C@H](CO[Si](C)(C)C(C)(C)C)C1. The Balaban J connectivity index is 2.39. The van der Waals surface area contributed by atoms with Gasteiger partial charge in [-0.15, -0.1) is 0 Å². The minimum absolute atomic E-state index is 0.0597. The molecule has 0 spiro atoms. The lowest BCUT2D eigenvalue weighted by atomic mass is 10.1. The Morgan fingerprint density at radius 1 is 1.33 bits per heavy atom. The molecule has 0 saturated carbocycles. The molecule has 0 bridgehead atoms. The molecular formula is C14H26O3Si. The van der Waals surface area contributed by atoms with E-state index in [-0.39, 0.29) is 17.1 Å². The molecular weight excluding hydrogens is 244 g/mol. The number of carbonyl (C=O) groups is 1. The van der Waals surface area contributed by atoms with Gasteiger partial charge in [-0.3, -0.25) is 4.79 Å². The normalized spacial score (nSPS) is 24.3. The second-order valence-electron chi connectivity index (χ2n) is 6.60. The quantitative estimate of drug-likeness (QED) is 0.445. The predicted octanol–water partition coefficient (Wildman–Crippen LogP) is 3.52. The van der Waals surface area contributed by atoms with E-state index >= 15 is 0 Å². The summed E-state index contributed by atoms with van der Waals surface area (Å²) in [5.41, 5.74) is 0. The lowest BCUT2D eigenvalue weighted by Gasteiger charge is -2.36. The summed E-state index contributed by atoms with van der Waals surface area (Å²) in [6, 6.07) is 0. The molecule has 3 nitrogen and oxygen atoms in total. The summed E-state index contributed by atoms with van der Waals surface area (Å²) in [4.78, 5) is 10.9. The number of hydrogen-bond donors (Lipinski definition) is 0. The Hall–Kier alpha value is -0.613. The van der Waals surface area contributed by atoms with Crippen molar-refractivity contribution in [2.24, 2.45) is 5.92 Å². The van der Waals surface area contributed by atoms with E-state index in [9.17, 15) is 4.79 Å². The zero-order chi connectivity index (χ0) is 14.0. The summed E-state index contributed by atoms with van der Waals surface area (Å²) < 4.78 is 11.3. The standard InChI is InChI=1S/C14H26O3Si/c1-11(15)17-13-8-7-12(9-13)10-16-18(5,6)14(2,3)4/h7-8,12-13H,9-10H2,1-6H3/t12-,13+/m0/s1. The lowest BCUT2D eigenvalue weighted by molar-refractivity contribution is -0.144. The third kappa shape index (κ3) is 4.25. The fourth-order valence-electron chi connectivity index (χ4n) is 1.69. The average Bonchev–Trinajstić information content (AvgIpc) is 2.60. The van der Waals surface area contributed by atoms with Crippen molar-refractivity contribution in [3.05, 3.63) is 12.2 Å². The molecule has 18 heavy (non-hydrogen) atoms. The summed E-state index contributed by atoms with van der Waals surface area (Å²) in [5.74, 6) is 0.166. The van der Waals surface area contributed by atoms with E-state index in [1.165, 1.54) is 6.92 Å². The summed E-state index contributed by atoms with van der Waals surface area (Å²) in [7, 11) is -1.67. The first-order valence-electron chi connectivity index (χ1n) is 6.61. The fraction of sp³-hybridized carbons (Fsp3) is 0.786. The highest BCUT2D eigenvalue weighted by atomic mass is 28.4. The molecule has 0 saturated heterocycles. The third-order valence-electron chi connectivity index (χ3n) is 3.91. The number of carbonyl (C=O) groups excluding carboxylic acids is 1. The Morgan fingerprint density at radius 3 is 2.44 bits per heavy atom. The van der Waals surface area contributed by atoms with Crippen molar-refractivity contribution < 1.29 is 14.0 Å². The first-order chi connectivity index (χ1) is 8.12. The van der Waals surface area contributed by atoms with Crippen molar-refractivity contribution in [3.63, 3.8) is 0 Å². The van der Waals surface area contributed by atoms with Gasteiger partial charge in [-0.05, 0) is 30.6 Å². The van der Waals surface area contributed by atoms with Gasteiger partial charge in [0.25, 0.3) is 0 Å². The van der Waals surface area contributed by atoms with E-state index in [4.69, 9.17) is 9.16 Å². The van der Waals surface area contributed by atoms with Gasteiger partial charge in [-0.1, -0.05) is 26.8 Å². The van der Waals surface area contributed by atoms with Crippen LogP contribution >= 0.6 is 0 Å². The van der Waals surface area contributed by atoms with E-state index in [2.05, 4.69) is 39.9 Å². The molecule has 0 fully saturated rings. The molecule has 1 aliphatic rings. The van der Waals surface area contributed by atoms with E-state index in [0.29, 0.717) is 5.92 Å². The maximum Gasteiger partial charge on any atom is 0.303 e. The number of rotatable bonds is 4. The molecule has 0 unspecified atom stereocenters. The molecule has 2 atom stereocenters. The summed E-state index contributed by atoms with van der Waals surface area (Å²) in [5, 5.41) is 0.241. The van der Waals surface area contributed by atoms with Gasteiger partial charge >= 0.3 is 5.97 Å². The van der Waals surface area contributed by atoms with Crippen molar-refractivity contribution >= 4 is 14.3 Å². The first kappa shape index (κ1) is 15.4. The van der Waals surface area contributed by atoms with Crippen molar-refractivity contribution in [1.29, 1.82) is 0 Å². The molecule has 4 heteroatoms. The second-order valence-corrected chi connectivity index (χ2v) is 11.4. The molecule has 0 radical (unpaired) electrons. The van der Waals surface area contributed by atoms with Gasteiger partial charge in [0.05, 0.1) is 0 Å².